The number of alkyl halides is 1. The summed E-state index contributed by atoms with van der Waals surface area (Å²) in [5, 5.41) is 4.04. The highest BCUT2D eigenvalue weighted by atomic mass is 79.9. The second-order valence-corrected chi connectivity index (χ2v) is 9.56. The number of carbonyl (C=O) groups is 2. The molecule has 5 heteroatoms. The van der Waals surface area contributed by atoms with Gasteiger partial charge in [0.15, 0.2) is 0 Å². The maximum absolute atomic E-state index is 13.5. The van der Waals surface area contributed by atoms with Crippen molar-refractivity contribution >= 4 is 44.8 Å². The number of aryl methyl sites for hydroxylation is 1. The molecule has 0 saturated carbocycles. The van der Waals surface area contributed by atoms with Crippen molar-refractivity contribution in [2.75, 3.05) is 15.5 Å². The van der Waals surface area contributed by atoms with Crippen LogP contribution in [0.15, 0.2) is 72.8 Å². The van der Waals surface area contributed by atoms with E-state index in [4.69, 9.17) is 0 Å². The zero-order valence-electron chi connectivity index (χ0n) is 19.4. The van der Waals surface area contributed by atoms with E-state index in [2.05, 4.69) is 45.5 Å². The van der Waals surface area contributed by atoms with Gasteiger partial charge in [-0.3, -0.25) is 14.5 Å². The molecule has 3 aromatic rings. The molecule has 0 saturated heterocycles. The monoisotopic (exact) mass is 518 g/mol. The van der Waals surface area contributed by atoms with Gasteiger partial charge in [-0.1, -0.05) is 90.1 Å². The van der Waals surface area contributed by atoms with Gasteiger partial charge in [-0.25, -0.2) is 0 Å². The lowest BCUT2D eigenvalue weighted by Crippen LogP contribution is -2.28. The molecule has 0 unspecified atom stereocenters. The Labute approximate surface area is 210 Å². The number of amides is 2. The van der Waals surface area contributed by atoms with E-state index in [1.807, 2.05) is 42.5 Å². The summed E-state index contributed by atoms with van der Waals surface area (Å²) in [5.74, 6) is -0.265. The predicted octanol–water partition coefficient (Wildman–Crippen LogP) is 7.44. The lowest BCUT2D eigenvalue weighted by Gasteiger charge is -2.24. The van der Waals surface area contributed by atoms with E-state index in [9.17, 15) is 9.59 Å². The summed E-state index contributed by atoms with van der Waals surface area (Å²) in [7, 11) is 0. The second kappa shape index (κ2) is 12.0. The molecule has 34 heavy (non-hydrogen) atoms. The number of nitrogens with zero attached hydrogens (tertiary/aromatic N) is 1. The van der Waals surface area contributed by atoms with E-state index in [0.717, 1.165) is 17.3 Å². The summed E-state index contributed by atoms with van der Waals surface area (Å²) in [6.45, 7) is 0. The number of halogens is 1. The molecule has 0 radical (unpaired) electrons. The number of unbranched alkanes of at least 4 members (excludes halogenated alkanes) is 5. The first kappa shape index (κ1) is 24.2. The Morgan fingerprint density at radius 1 is 0.735 bits per heavy atom. The lowest BCUT2D eigenvalue weighted by atomic mass is 10.0. The van der Waals surface area contributed by atoms with Gasteiger partial charge in [-0.15, -0.1) is 0 Å². The van der Waals surface area contributed by atoms with Crippen LogP contribution in [0.2, 0.25) is 0 Å². The third kappa shape index (κ3) is 5.95. The molecule has 0 fully saturated rings. The third-order valence-electron chi connectivity index (χ3n) is 6.26. The number of hydrogen-bond acceptors (Lipinski definition) is 2. The minimum Gasteiger partial charge on any atom is -0.320 e. The average Bonchev–Trinajstić information content (AvgIpc) is 2.98. The second-order valence-electron chi connectivity index (χ2n) is 8.77. The molecule has 1 N–H and O–H groups in total. The van der Waals surface area contributed by atoms with Crippen molar-refractivity contribution in [1.29, 1.82) is 0 Å². The fourth-order valence-electron chi connectivity index (χ4n) is 4.43. The van der Waals surface area contributed by atoms with E-state index in [0.29, 0.717) is 22.6 Å². The van der Waals surface area contributed by atoms with Gasteiger partial charge in [0.2, 0.25) is 5.91 Å². The molecular weight excluding hydrogens is 488 g/mol. The minimum atomic E-state index is -0.203. The van der Waals surface area contributed by atoms with E-state index < -0.39 is 0 Å². The van der Waals surface area contributed by atoms with Crippen LogP contribution in [0, 0.1) is 0 Å². The fourth-order valence-corrected chi connectivity index (χ4v) is 4.83. The van der Waals surface area contributed by atoms with Crippen molar-refractivity contribution in [2.24, 2.45) is 0 Å². The molecule has 0 atom stereocenters. The van der Waals surface area contributed by atoms with E-state index >= 15 is 0 Å². The van der Waals surface area contributed by atoms with Crippen LogP contribution in [0.4, 0.5) is 17.1 Å². The molecule has 0 spiro atoms. The van der Waals surface area contributed by atoms with Crippen LogP contribution in [-0.4, -0.2) is 17.1 Å². The topological polar surface area (TPSA) is 49.4 Å². The first-order chi connectivity index (χ1) is 16.7. The Kier molecular flexibility index (Phi) is 8.53. The number of para-hydroxylation sites is 3. The molecule has 1 aliphatic heterocycles. The third-order valence-corrected chi connectivity index (χ3v) is 6.82. The maximum atomic E-state index is 13.5. The van der Waals surface area contributed by atoms with Gasteiger partial charge in [-0.2, -0.15) is 0 Å². The summed E-state index contributed by atoms with van der Waals surface area (Å²) in [4.78, 5) is 28.0. The Bertz CT molecular complexity index is 1130. The summed E-state index contributed by atoms with van der Waals surface area (Å²) in [6.07, 6.45) is 9.01. The van der Waals surface area contributed by atoms with Gasteiger partial charge in [-0.05, 0) is 54.7 Å². The van der Waals surface area contributed by atoms with E-state index in [1.54, 1.807) is 11.0 Å². The number of carbonyl (C=O) groups excluding carboxylic acids is 2. The number of nitrogens with one attached hydrogen (secondary N) is 1. The highest BCUT2D eigenvalue weighted by molar-refractivity contribution is 9.09. The van der Waals surface area contributed by atoms with Crippen LogP contribution < -0.4 is 10.2 Å². The van der Waals surface area contributed by atoms with E-state index in [1.165, 1.54) is 44.1 Å². The Balaban J connectivity index is 1.43. The van der Waals surface area contributed by atoms with Crippen LogP contribution in [0.25, 0.3) is 0 Å². The maximum Gasteiger partial charge on any atom is 0.257 e. The van der Waals surface area contributed by atoms with Gasteiger partial charge in [0, 0.05) is 5.33 Å². The molecule has 0 bridgehead atoms. The first-order valence-corrected chi connectivity index (χ1v) is 13.3. The molecule has 176 valence electrons. The Morgan fingerprint density at radius 2 is 1.35 bits per heavy atom. The van der Waals surface area contributed by atoms with Crippen molar-refractivity contribution in [1.82, 2.24) is 0 Å². The lowest BCUT2D eigenvalue weighted by molar-refractivity contribution is -0.117. The zero-order valence-corrected chi connectivity index (χ0v) is 21.0. The smallest absolute Gasteiger partial charge is 0.257 e. The van der Waals surface area contributed by atoms with Crippen LogP contribution in [0.3, 0.4) is 0 Å². The number of hydrogen-bond donors (Lipinski definition) is 1. The summed E-state index contributed by atoms with van der Waals surface area (Å²) in [6, 6.07) is 23.1. The molecule has 0 aliphatic carbocycles. The molecule has 1 aliphatic rings. The molecule has 2 amide bonds. The summed E-state index contributed by atoms with van der Waals surface area (Å²) in [5.41, 5.74) is 4.73. The zero-order chi connectivity index (χ0) is 23.8. The number of rotatable bonds is 10. The van der Waals surface area contributed by atoms with Crippen molar-refractivity contribution in [3.63, 3.8) is 0 Å². The van der Waals surface area contributed by atoms with Crippen LogP contribution >= 0.6 is 15.9 Å². The Hall–Kier alpha value is -2.92. The highest BCUT2D eigenvalue weighted by Crippen LogP contribution is 2.38. The standard InChI is InChI=1S/C29H31BrN2O2/c30-20-10-4-2-1-3-5-11-22-16-18-23(19-17-22)21-28(33)32-26-14-8-6-12-24(26)29(34)31-25-13-7-9-15-27(25)32/h6-9,12-19H,1-5,10-11,20-21H2,(H,31,34). The Morgan fingerprint density at radius 3 is 2.12 bits per heavy atom. The molecular formula is C29H31BrN2O2. The molecule has 0 aromatic heterocycles. The number of anilines is 3. The van der Waals surface area contributed by atoms with Gasteiger partial charge in [0.05, 0.1) is 29.0 Å². The van der Waals surface area contributed by atoms with Crippen LogP contribution in [0.1, 0.15) is 60.0 Å². The largest absolute Gasteiger partial charge is 0.320 e. The molecule has 4 rings (SSSR count). The average molecular weight is 519 g/mol. The van der Waals surface area contributed by atoms with Gasteiger partial charge in [0.1, 0.15) is 0 Å². The van der Waals surface area contributed by atoms with Gasteiger partial charge >= 0.3 is 0 Å². The summed E-state index contributed by atoms with van der Waals surface area (Å²) < 4.78 is 0. The number of benzene rings is 3. The summed E-state index contributed by atoms with van der Waals surface area (Å²) >= 11 is 3.49. The first-order valence-electron chi connectivity index (χ1n) is 12.1. The van der Waals surface area contributed by atoms with Crippen molar-refractivity contribution < 1.29 is 9.59 Å². The van der Waals surface area contributed by atoms with Crippen LogP contribution in [-0.2, 0) is 17.6 Å². The SMILES string of the molecule is O=C1Nc2ccccc2N(C(=O)Cc2ccc(CCCCCCCCBr)cc2)c2ccccc21. The van der Waals surface area contributed by atoms with Gasteiger partial charge in [0.25, 0.3) is 5.91 Å². The number of fused-ring (bicyclic) bond motifs is 2. The van der Waals surface area contributed by atoms with Gasteiger partial charge < -0.3 is 5.32 Å². The fraction of sp³-hybridized carbons (Fsp3) is 0.310. The highest BCUT2D eigenvalue weighted by Gasteiger charge is 2.28. The minimum absolute atomic E-state index is 0.0624. The molecule has 4 nitrogen and oxygen atoms in total. The predicted molar refractivity (Wildman–Crippen MR) is 143 cm³/mol. The van der Waals surface area contributed by atoms with E-state index in [-0.39, 0.29) is 18.2 Å². The van der Waals surface area contributed by atoms with Crippen molar-refractivity contribution in [3.8, 4) is 0 Å². The van der Waals surface area contributed by atoms with Crippen molar-refractivity contribution in [2.45, 2.75) is 51.4 Å². The molecule has 3 aromatic carbocycles. The normalized spacial score (nSPS) is 12.5. The molecule has 1 heterocycles. The van der Waals surface area contributed by atoms with Crippen LogP contribution in [0.5, 0.6) is 0 Å². The van der Waals surface area contributed by atoms with Crippen molar-refractivity contribution in [3.05, 3.63) is 89.5 Å². The quantitative estimate of drug-likeness (QED) is 0.224.